The van der Waals surface area contributed by atoms with Crippen LogP contribution in [0, 0.1) is 5.92 Å². The average Bonchev–Trinajstić information content (AvgIpc) is 2.29. The molecule has 3 N–H and O–H groups in total. The first kappa shape index (κ1) is 17.6. The number of carbonyl (C=O) groups is 2. The molecular formula is C10H16F3NO5. The van der Waals surface area contributed by atoms with Gasteiger partial charge in [-0.05, 0) is 13.3 Å². The van der Waals surface area contributed by atoms with Gasteiger partial charge in [0.15, 0.2) is 0 Å². The van der Waals surface area contributed by atoms with Crippen molar-refractivity contribution >= 4 is 11.9 Å². The van der Waals surface area contributed by atoms with Gasteiger partial charge < -0.3 is 20.3 Å². The van der Waals surface area contributed by atoms with Gasteiger partial charge in [-0.2, -0.15) is 13.2 Å². The van der Waals surface area contributed by atoms with Crippen LogP contribution in [0.5, 0.6) is 0 Å². The molecule has 112 valence electrons. The van der Waals surface area contributed by atoms with E-state index in [1.165, 1.54) is 0 Å². The van der Waals surface area contributed by atoms with Crippen LogP contribution in [0.25, 0.3) is 0 Å². The van der Waals surface area contributed by atoms with E-state index in [2.05, 4.69) is 0 Å². The molecule has 1 rings (SSSR count). The molecule has 0 bridgehead atoms. The van der Waals surface area contributed by atoms with E-state index in [1.54, 1.807) is 6.92 Å². The Morgan fingerprint density at radius 1 is 1.47 bits per heavy atom. The molecule has 1 fully saturated rings. The van der Waals surface area contributed by atoms with Crippen LogP contribution in [0.3, 0.4) is 0 Å². The summed E-state index contributed by atoms with van der Waals surface area (Å²) in [7, 11) is 0. The zero-order valence-electron chi connectivity index (χ0n) is 10.3. The van der Waals surface area contributed by atoms with E-state index in [-0.39, 0.29) is 17.9 Å². The Morgan fingerprint density at radius 3 is 2.37 bits per heavy atom. The van der Waals surface area contributed by atoms with Crippen molar-refractivity contribution in [2.45, 2.75) is 25.6 Å². The molecule has 1 heterocycles. The number of rotatable bonds is 2. The lowest BCUT2D eigenvalue weighted by Crippen LogP contribution is -2.44. The SMILES string of the molecule is CCOC(=O)[C@@H]1CCOC[C@@H]1N.O=C(O)C(F)(F)F. The van der Waals surface area contributed by atoms with E-state index in [1.807, 2.05) is 0 Å². The molecule has 0 aromatic carbocycles. The summed E-state index contributed by atoms with van der Waals surface area (Å²) in [6.07, 6.45) is -4.40. The van der Waals surface area contributed by atoms with E-state index in [4.69, 9.17) is 25.1 Å². The largest absolute Gasteiger partial charge is 0.490 e. The summed E-state index contributed by atoms with van der Waals surface area (Å²) < 4.78 is 41.7. The lowest BCUT2D eigenvalue weighted by atomic mass is 9.96. The minimum Gasteiger partial charge on any atom is -0.475 e. The van der Waals surface area contributed by atoms with Crippen LogP contribution in [0.1, 0.15) is 13.3 Å². The molecule has 0 saturated carbocycles. The van der Waals surface area contributed by atoms with Crippen LogP contribution in [0.2, 0.25) is 0 Å². The predicted molar refractivity (Wildman–Crippen MR) is 57.2 cm³/mol. The van der Waals surface area contributed by atoms with Crippen molar-refractivity contribution in [2.75, 3.05) is 19.8 Å². The van der Waals surface area contributed by atoms with Crippen LogP contribution in [-0.2, 0) is 19.1 Å². The summed E-state index contributed by atoms with van der Waals surface area (Å²) in [5, 5.41) is 7.12. The van der Waals surface area contributed by atoms with Gasteiger partial charge in [-0.15, -0.1) is 0 Å². The molecule has 1 aliphatic heterocycles. The fourth-order valence-corrected chi connectivity index (χ4v) is 1.30. The van der Waals surface area contributed by atoms with Gasteiger partial charge in [-0.3, -0.25) is 4.79 Å². The molecule has 9 heteroatoms. The number of hydrogen-bond donors (Lipinski definition) is 2. The number of halogens is 3. The first-order valence-electron chi connectivity index (χ1n) is 5.50. The van der Waals surface area contributed by atoms with Crippen LogP contribution in [0.4, 0.5) is 13.2 Å². The van der Waals surface area contributed by atoms with E-state index in [9.17, 15) is 18.0 Å². The second-order valence-corrected chi connectivity index (χ2v) is 3.69. The molecule has 0 amide bonds. The lowest BCUT2D eigenvalue weighted by molar-refractivity contribution is -0.192. The third-order valence-electron chi connectivity index (χ3n) is 2.23. The highest BCUT2D eigenvalue weighted by atomic mass is 19.4. The maximum absolute atomic E-state index is 11.3. The Labute approximate surface area is 107 Å². The normalized spacial score (nSPS) is 23.0. The standard InChI is InChI=1S/C8H15NO3.C2HF3O2/c1-2-12-8(10)6-3-4-11-5-7(6)9;3-2(4,5)1(6)7/h6-7H,2-5,9H2,1H3;(H,6,7)/t6-,7+;/m1./s1. The van der Waals surface area contributed by atoms with E-state index < -0.39 is 12.1 Å². The van der Waals surface area contributed by atoms with E-state index >= 15 is 0 Å². The van der Waals surface area contributed by atoms with Crippen molar-refractivity contribution in [1.82, 2.24) is 0 Å². The van der Waals surface area contributed by atoms with Crippen molar-refractivity contribution in [1.29, 1.82) is 0 Å². The van der Waals surface area contributed by atoms with Crippen molar-refractivity contribution in [2.24, 2.45) is 11.7 Å². The van der Waals surface area contributed by atoms with Crippen molar-refractivity contribution in [3.8, 4) is 0 Å². The second kappa shape index (κ2) is 7.95. The van der Waals surface area contributed by atoms with Crippen LogP contribution >= 0.6 is 0 Å². The number of carbonyl (C=O) groups excluding carboxylic acids is 1. The summed E-state index contributed by atoms with van der Waals surface area (Å²) in [6, 6.07) is -0.196. The maximum atomic E-state index is 11.3. The fraction of sp³-hybridized carbons (Fsp3) is 0.800. The molecule has 0 unspecified atom stereocenters. The quantitative estimate of drug-likeness (QED) is 0.719. The monoisotopic (exact) mass is 287 g/mol. The van der Waals surface area contributed by atoms with Gasteiger partial charge in [0.1, 0.15) is 0 Å². The third-order valence-corrected chi connectivity index (χ3v) is 2.23. The van der Waals surface area contributed by atoms with Gasteiger partial charge in [0.2, 0.25) is 0 Å². The number of ether oxygens (including phenoxy) is 2. The van der Waals surface area contributed by atoms with Crippen molar-refractivity contribution < 1.29 is 37.3 Å². The van der Waals surface area contributed by atoms with Crippen LogP contribution < -0.4 is 5.73 Å². The zero-order chi connectivity index (χ0) is 15.1. The summed E-state index contributed by atoms with van der Waals surface area (Å²) in [5.74, 6) is -3.11. The number of carboxylic acid groups (broad SMARTS) is 1. The third kappa shape index (κ3) is 6.97. The van der Waals surface area contributed by atoms with Gasteiger partial charge in [0.25, 0.3) is 0 Å². The fourth-order valence-electron chi connectivity index (χ4n) is 1.30. The molecule has 6 nitrogen and oxygen atoms in total. The lowest BCUT2D eigenvalue weighted by Gasteiger charge is -2.26. The first-order valence-corrected chi connectivity index (χ1v) is 5.50. The Hall–Kier alpha value is -1.35. The maximum Gasteiger partial charge on any atom is 0.490 e. The summed E-state index contributed by atoms with van der Waals surface area (Å²) >= 11 is 0. The van der Waals surface area contributed by atoms with Gasteiger partial charge in [0.05, 0.1) is 19.1 Å². The van der Waals surface area contributed by atoms with Crippen molar-refractivity contribution in [3.05, 3.63) is 0 Å². The smallest absolute Gasteiger partial charge is 0.475 e. The van der Waals surface area contributed by atoms with Crippen LogP contribution in [-0.4, -0.2) is 49.1 Å². The first-order chi connectivity index (χ1) is 8.70. The van der Waals surface area contributed by atoms with Gasteiger partial charge in [-0.25, -0.2) is 4.79 Å². The summed E-state index contributed by atoms with van der Waals surface area (Å²) in [4.78, 5) is 20.1. The number of esters is 1. The highest BCUT2D eigenvalue weighted by molar-refractivity contribution is 5.73. The summed E-state index contributed by atoms with van der Waals surface area (Å²) in [6.45, 7) is 3.28. The van der Waals surface area contributed by atoms with Crippen molar-refractivity contribution in [3.63, 3.8) is 0 Å². The highest BCUT2D eigenvalue weighted by Crippen LogP contribution is 2.15. The zero-order valence-corrected chi connectivity index (χ0v) is 10.3. The molecular weight excluding hydrogens is 271 g/mol. The van der Waals surface area contributed by atoms with Gasteiger partial charge in [-0.1, -0.05) is 0 Å². The minimum absolute atomic E-state index is 0.168. The number of nitrogens with two attached hydrogens (primary N) is 1. The second-order valence-electron chi connectivity index (χ2n) is 3.69. The molecule has 0 aromatic rings. The predicted octanol–water partition coefficient (Wildman–Crippen LogP) is 0.547. The van der Waals surface area contributed by atoms with Crippen LogP contribution in [0.15, 0.2) is 0 Å². The number of aliphatic carboxylic acids is 1. The number of carboxylic acids is 1. The Bertz CT molecular complexity index is 308. The van der Waals surface area contributed by atoms with Gasteiger partial charge in [0, 0.05) is 12.6 Å². The molecule has 19 heavy (non-hydrogen) atoms. The summed E-state index contributed by atoms with van der Waals surface area (Å²) in [5.41, 5.74) is 5.68. The Balaban J connectivity index is 0.000000399. The Morgan fingerprint density at radius 2 is 2.00 bits per heavy atom. The highest BCUT2D eigenvalue weighted by Gasteiger charge is 2.38. The molecule has 2 atom stereocenters. The molecule has 0 aromatic heterocycles. The molecule has 1 aliphatic rings. The topological polar surface area (TPSA) is 98.9 Å². The number of hydrogen-bond acceptors (Lipinski definition) is 5. The average molecular weight is 287 g/mol. The molecule has 0 radical (unpaired) electrons. The molecule has 1 saturated heterocycles. The van der Waals surface area contributed by atoms with E-state index in [0.29, 0.717) is 26.2 Å². The molecule has 0 spiro atoms. The number of alkyl halides is 3. The molecule has 0 aliphatic carbocycles. The Kier molecular flexibility index (Phi) is 7.38. The van der Waals surface area contributed by atoms with Gasteiger partial charge >= 0.3 is 18.1 Å². The van der Waals surface area contributed by atoms with E-state index in [0.717, 1.165) is 0 Å². The minimum atomic E-state index is -5.08.